The van der Waals surface area contributed by atoms with Gasteiger partial charge in [-0.25, -0.2) is 4.39 Å². The van der Waals surface area contributed by atoms with Gasteiger partial charge in [-0.2, -0.15) is 5.26 Å². The van der Waals surface area contributed by atoms with Gasteiger partial charge in [-0.1, -0.05) is 26.0 Å². The number of ether oxygens (including phenoxy) is 1. The van der Waals surface area contributed by atoms with Crippen LogP contribution in [0.25, 0.3) is 11.1 Å². The van der Waals surface area contributed by atoms with Crippen LogP contribution in [-0.4, -0.2) is 49.6 Å². The van der Waals surface area contributed by atoms with Gasteiger partial charge in [0.2, 0.25) is 0 Å². The number of morpholine rings is 1. The summed E-state index contributed by atoms with van der Waals surface area (Å²) in [7, 11) is 0. The van der Waals surface area contributed by atoms with E-state index in [1.54, 1.807) is 6.07 Å². The van der Waals surface area contributed by atoms with Crippen molar-refractivity contribution in [2.45, 2.75) is 38.4 Å². The van der Waals surface area contributed by atoms with Crippen molar-refractivity contribution in [1.82, 2.24) is 5.32 Å². The number of nitrogens with one attached hydrogen (secondary N) is 1. The van der Waals surface area contributed by atoms with Gasteiger partial charge in [0.15, 0.2) is 0 Å². The SMILES string of the molecule is CC(C)C1(O)CCN(c2ccc(CC3CNCCO3)cc2-c2ccc(C#N)c(F)c2)C1. The monoisotopic (exact) mass is 423 g/mol. The fourth-order valence-corrected chi connectivity index (χ4v) is 4.50. The number of anilines is 1. The van der Waals surface area contributed by atoms with E-state index in [9.17, 15) is 9.50 Å². The molecule has 0 aromatic heterocycles. The summed E-state index contributed by atoms with van der Waals surface area (Å²) >= 11 is 0. The Morgan fingerprint density at radius 3 is 2.81 bits per heavy atom. The molecule has 2 aliphatic rings. The summed E-state index contributed by atoms with van der Waals surface area (Å²) in [6.07, 6.45) is 1.59. The Morgan fingerprint density at radius 2 is 2.16 bits per heavy atom. The molecule has 2 aromatic rings. The first-order chi connectivity index (χ1) is 14.9. The molecule has 6 heteroatoms. The zero-order chi connectivity index (χ0) is 22.0. The van der Waals surface area contributed by atoms with Crippen LogP contribution >= 0.6 is 0 Å². The average Bonchev–Trinajstić information content (AvgIpc) is 3.18. The molecule has 0 bridgehead atoms. The Morgan fingerprint density at radius 1 is 1.32 bits per heavy atom. The smallest absolute Gasteiger partial charge is 0.141 e. The molecule has 2 heterocycles. The van der Waals surface area contributed by atoms with E-state index in [1.165, 1.54) is 12.1 Å². The molecule has 2 fully saturated rings. The number of benzene rings is 2. The van der Waals surface area contributed by atoms with Gasteiger partial charge in [0.25, 0.3) is 0 Å². The van der Waals surface area contributed by atoms with Crippen LogP contribution in [0.5, 0.6) is 0 Å². The van der Waals surface area contributed by atoms with E-state index in [-0.39, 0.29) is 17.6 Å². The second kappa shape index (κ2) is 8.96. The molecule has 0 radical (unpaired) electrons. The summed E-state index contributed by atoms with van der Waals surface area (Å²) in [4.78, 5) is 2.19. The van der Waals surface area contributed by atoms with E-state index in [2.05, 4.69) is 28.4 Å². The van der Waals surface area contributed by atoms with Gasteiger partial charge in [0, 0.05) is 37.4 Å². The van der Waals surface area contributed by atoms with Crippen LogP contribution < -0.4 is 10.2 Å². The number of nitriles is 1. The van der Waals surface area contributed by atoms with Crippen LogP contribution in [0.2, 0.25) is 0 Å². The first-order valence-electron chi connectivity index (χ1n) is 11.0. The van der Waals surface area contributed by atoms with E-state index in [0.717, 1.165) is 48.4 Å². The molecule has 2 atom stereocenters. The highest BCUT2D eigenvalue weighted by molar-refractivity contribution is 5.80. The quantitative estimate of drug-likeness (QED) is 0.771. The third kappa shape index (κ3) is 4.59. The van der Waals surface area contributed by atoms with Gasteiger partial charge in [-0.15, -0.1) is 0 Å². The second-order valence-corrected chi connectivity index (χ2v) is 8.99. The summed E-state index contributed by atoms with van der Waals surface area (Å²) in [5.41, 5.74) is 3.06. The maximum absolute atomic E-state index is 14.4. The van der Waals surface area contributed by atoms with Crippen LogP contribution in [-0.2, 0) is 11.2 Å². The first-order valence-corrected chi connectivity index (χ1v) is 11.0. The standard InChI is InChI=1S/C25H30FN3O2/c1-17(2)25(30)7-9-29(16-25)24-6-3-18(11-21-15-28-8-10-31-21)12-22(24)19-4-5-20(14-27)23(26)13-19/h3-6,12-13,17,21,28,30H,7-11,15-16H2,1-2H3. The number of rotatable bonds is 5. The number of β-amino-alcohol motifs (C(OH)–C–C–N with tert-alkyl or cyclic N) is 1. The number of halogens is 1. The summed E-state index contributed by atoms with van der Waals surface area (Å²) < 4.78 is 20.3. The topological polar surface area (TPSA) is 68.5 Å². The Kier molecular flexibility index (Phi) is 6.29. The molecule has 4 rings (SSSR count). The van der Waals surface area contributed by atoms with Crippen molar-refractivity contribution in [3.05, 3.63) is 53.3 Å². The molecular formula is C25H30FN3O2. The van der Waals surface area contributed by atoms with E-state index in [1.807, 2.05) is 19.9 Å². The largest absolute Gasteiger partial charge is 0.388 e. The zero-order valence-corrected chi connectivity index (χ0v) is 18.2. The maximum atomic E-state index is 14.4. The molecule has 2 aromatic carbocycles. The number of aliphatic hydroxyl groups is 1. The van der Waals surface area contributed by atoms with Crippen molar-refractivity contribution < 1.29 is 14.2 Å². The third-order valence-electron chi connectivity index (χ3n) is 6.62. The Balaban J connectivity index is 1.70. The first kappa shape index (κ1) is 21.8. The van der Waals surface area contributed by atoms with Crippen LogP contribution in [0.1, 0.15) is 31.4 Å². The molecule has 164 valence electrons. The summed E-state index contributed by atoms with van der Waals surface area (Å²) in [6.45, 7) is 7.78. The predicted octanol–water partition coefficient (Wildman–Crippen LogP) is 3.49. The molecule has 0 aliphatic carbocycles. The van der Waals surface area contributed by atoms with Gasteiger partial charge in [-0.05, 0) is 54.2 Å². The molecule has 31 heavy (non-hydrogen) atoms. The molecule has 0 saturated carbocycles. The van der Waals surface area contributed by atoms with Crippen LogP contribution in [0.4, 0.5) is 10.1 Å². The molecule has 2 N–H and O–H groups in total. The highest BCUT2D eigenvalue weighted by Crippen LogP contribution is 2.38. The lowest BCUT2D eigenvalue weighted by atomic mass is 9.90. The Bertz CT molecular complexity index is 981. The summed E-state index contributed by atoms with van der Waals surface area (Å²) in [6, 6.07) is 12.9. The molecule has 2 aliphatic heterocycles. The zero-order valence-electron chi connectivity index (χ0n) is 18.2. The van der Waals surface area contributed by atoms with E-state index in [0.29, 0.717) is 19.6 Å². The van der Waals surface area contributed by atoms with Crippen molar-refractivity contribution in [2.75, 3.05) is 37.7 Å². The maximum Gasteiger partial charge on any atom is 0.141 e. The van der Waals surface area contributed by atoms with Crippen molar-refractivity contribution in [3.8, 4) is 17.2 Å². The van der Waals surface area contributed by atoms with E-state index in [4.69, 9.17) is 10.00 Å². The normalized spacial score (nSPS) is 23.9. The lowest BCUT2D eigenvalue weighted by Crippen LogP contribution is -2.39. The molecule has 0 amide bonds. The van der Waals surface area contributed by atoms with Crippen LogP contribution in [0, 0.1) is 23.1 Å². The molecular weight excluding hydrogens is 393 g/mol. The highest BCUT2D eigenvalue weighted by atomic mass is 19.1. The molecule has 2 unspecified atom stereocenters. The summed E-state index contributed by atoms with van der Waals surface area (Å²) in [5.74, 6) is -0.361. The van der Waals surface area contributed by atoms with Gasteiger partial charge in [0.1, 0.15) is 11.9 Å². The highest BCUT2D eigenvalue weighted by Gasteiger charge is 2.39. The number of hydrogen-bond donors (Lipinski definition) is 2. The summed E-state index contributed by atoms with van der Waals surface area (Å²) in [5, 5.41) is 23.4. The van der Waals surface area contributed by atoms with Gasteiger partial charge < -0.3 is 20.1 Å². The van der Waals surface area contributed by atoms with Crippen LogP contribution in [0.15, 0.2) is 36.4 Å². The Hall–Kier alpha value is -2.46. The minimum absolute atomic E-state index is 0.0403. The van der Waals surface area contributed by atoms with Crippen molar-refractivity contribution in [3.63, 3.8) is 0 Å². The van der Waals surface area contributed by atoms with E-state index >= 15 is 0 Å². The molecule has 5 nitrogen and oxygen atoms in total. The van der Waals surface area contributed by atoms with Gasteiger partial charge >= 0.3 is 0 Å². The number of hydrogen-bond acceptors (Lipinski definition) is 5. The average molecular weight is 424 g/mol. The molecule has 2 saturated heterocycles. The lowest BCUT2D eigenvalue weighted by Gasteiger charge is -2.29. The van der Waals surface area contributed by atoms with Crippen molar-refractivity contribution in [1.29, 1.82) is 5.26 Å². The van der Waals surface area contributed by atoms with Crippen LogP contribution in [0.3, 0.4) is 0 Å². The Labute approximate surface area is 183 Å². The fourth-order valence-electron chi connectivity index (χ4n) is 4.50. The van der Waals surface area contributed by atoms with Crippen molar-refractivity contribution >= 4 is 5.69 Å². The molecule has 0 spiro atoms. The fraction of sp³-hybridized carbons (Fsp3) is 0.480. The number of nitrogens with zero attached hydrogens (tertiary/aromatic N) is 2. The van der Waals surface area contributed by atoms with E-state index < -0.39 is 11.4 Å². The minimum atomic E-state index is -0.729. The minimum Gasteiger partial charge on any atom is -0.388 e. The van der Waals surface area contributed by atoms with Gasteiger partial charge in [0.05, 0.1) is 23.9 Å². The predicted molar refractivity (Wildman–Crippen MR) is 119 cm³/mol. The second-order valence-electron chi connectivity index (χ2n) is 8.99. The third-order valence-corrected chi connectivity index (χ3v) is 6.62. The van der Waals surface area contributed by atoms with Crippen molar-refractivity contribution in [2.24, 2.45) is 5.92 Å². The van der Waals surface area contributed by atoms with Gasteiger partial charge in [-0.3, -0.25) is 0 Å². The lowest BCUT2D eigenvalue weighted by molar-refractivity contribution is 0.0168.